The maximum absolute atomic E-state index is 13.0. The molecule has 30 heavy (non-hydrogen) atoms. The van der Waals surface area contributed by atoms with E-state index in [1.54, 1.807) is 18.7 Å². The molecule has 164 valence electrons. The predicted octanol–water partition coefficient (Wildman–Crippen LogP) is 1.66. The molecule has 0 amide bonds. The largest absolute Gasteiger partial charge is 0.378 e. The fourth-order valence-electron chi connectivity index (χ4n) is 3.33. The van der Waals surface area contributed by atoms with Crippen molar-refractivity contribution < 1.29 is 23.3 Å². The quantitative estimate of drug-likeness (QED) is 0.279. The normalized spacial score (nSPS) is 14.9. The molecule has 1 aromatic carbocycles. The number of anilines is 1. The average Bonchev–Trinajstić information content (AvgIpc) is 2.71. The fourth-order valence-corrected chi connectivity index (χ4v) is 4.98. The number of hydrogen-bond donors (Lipinski definition) is 1. The van der Waals surface area contributed by atoms with Gasteiger partial charge in [0.25, 0.3) is 5.69 Å². The van der Waals surface area contributed by atoms with Crippen molar-refractivity contribution in [1.29, 1.82) is 0 Å². The first-order chi connectivity index (χ1) is 14.3. The third-order valence-electron chi connectivity index (χ3n) is 4.59. The van der Waals surface area contributed by atoms with Gasteiger partial charge in [0.15, 0.2) is 0 Å². The van der Waals surface area contributed by atoms with Gasteiger partial charge in [0, 0.05) is 19.2 Å². The van der Waals surface area contributed by atoms with E-state index >= 15 is 0 Å². The van der Waals surface area contributed by atoms with Gasteiger partial charge in [-0.1, -0.05) is 0 Å². The van der Waals surface area contributed by atoms with Crippen molar-refractivity contribution in [2.45, 2.75) is 20.1 Å². The Morgan fingerprint density at radius 2 is 1.83 bits per heavy atom. The number of benzene rings is 1. The number of nitro benzene ring substituents is 1. The summed E-state index contributed by atoms with van der Waals surface area (Å²) < 4.78 is 29.8. The van der Waals surface area contributed by atoms with Gasteiger partial charge in [0.2, 0.25) is 0 Å². The molecule has 1 aliphatic rings. The van der Waals surface area contributed by atoms with Gasteiger partial charge in [-0.2, -0.15) is 0 Å². The maximum Gasteiger partial charge on any atom is 0.350 e. The fraction of sp³-hybridized carbons (Fsp3) is 0.529. The number of nitrogens with zero attached hydrogens (tertiary/aromatic N) is 3. The van der Waals surface area contributed by atoms with Crippen molar-refractivity contribution in [2.24, 2.45) is 0 Å². The molecule has 1 aliphatic heterocycles. The lowest BCUT2D eigenvalue weighted by Gasteiger charge is -2.29. The van der Waals surface area contributed by atoms with E-state index in [0.29, 0.717) is 26.3 Å². The van der Waals surface area contributed by atoms with Crippen LogP contribution in [0.4, 0.5) is 11.4 Å². The zero-order chi connectivity index (χ0) is 21.9. The summed E-state index contributed by atoms with van der Waals surface area (Å²) in [4.78, 5) is 40.0. The summed E-state index contributed by atoms with van der Waals surface area (Å²) in [5.41, 5.74) is -1.63. The molecular formula is C17H23N4O8P. The smallest absolute Gasteiger partial charge is 0.350 e. The number of nitrogens with one attached hydrogen (secondary N) is 1. The highest BCUT2D eigenvalue weighted by Crippen LogP contribution is 2.49. The Morgan fingerprint density at radius 1 is 1.20 bits per heavy atom. The Morgan fingerprint density at radius 3 is 2.40 bits per heavy atom. The minimum absolute atomic E-state index is 0.0721. The van der Waals surface area contributed by atoms with E-state index in [0.717, 1.165) is 4.57 Å². The molecule has 1 saturated heterocycles. The highest BCUT2D eigenvalue weighted by molar-refractivity contribution is 7.52. The molecule has 1 aromatic heterocycles. The monoisotopic (exact) mass is 442 g/mol. The Bertz CT molecular complexity index is 1100. The van der Waals surface area contributed by atoms with Crippen LogP contribution in [0.1, 0.15) is 13.8 Å². The third-order valence-corrected chi connectivity index (χ3v) is 6.52. The lowest BCUT2D eigenvalue weighted by Crippen LogP contribution is -2.38. The van der Waals surface area contributed by atoms with Crippen molar-refractivity contribution in [1.82, 2.24) is 9.55 Å². The van der Waals surface area contributed by atoms with Crippen molar-refractivity contribution in [2.75, 3.05) is 44.4 Å². The summed E-state index contributed by atoms with van der Waals surface area (Å²) in [5, 5.41) is 11.6. The van der Waals surface area contributed by atoms with E-state index in [2.05, 4.69) is 4.98 Å². The molecule has 0 radical (unpaired) electrons. The summed E-state index contributed by atoms with van der Waals surface area (Å²) >= 11 is 0. The van der Waals surface area contributed by atoms with Gasteiger partial charge in [-0.25, -0.2) is 0 Å². The molecular weight excluding hydrogens is 419 g/mol. The zero-order valence-electron chi connectivity index (χ0n) is 16.7. The van der Waals surface area contributed by atoms with Crippen LogP contribution in [0.5, 0.6) is 0 Å². The van der Waals surface area contributed by atoms with E-state index in [9.17, 15) is 24.3 Å². The zero-order valence-corrected chi connectivity index (χ0v) is 17.6. The molecule has 0 saturated carbocycles. The number of nitro groups is 1. The van der Waals surface area contributed by atoms with Crippen LogP contribution >= 0.6 is 7.60 Å². The standard InChI is InChI=1S/C17H23N4O8P/c1-3-28-30(26,29-4-2)11-20-13-10-14(19-5-7-27-8-6-19)15(21(24)25)9-12(13)18-16(22)17(20)23/h9-10H,3-8,11H2,1-2H3,(H,18,22). The molecule has 12 nitrogen and oxygen atoms in total. The number of aromatic nitrogens is 2. The molecule has 0 atom stereocenters. The molecule has 1 fully saturated rings. The lowest BCUT2D eigenvalue weighted by atomic mass is 10.2. The number of morpholine rings is 1. The predicted molar refractivity (Wildman–Crippen MR) is 109 cm³/mol. The van der Waals surface area contributed by atoms with E-state index < -0.39 is 29.9 Å². The molecule has 13 heteroatoms. The highest BCUT2D eigenvalue weighted by Gasteiger charge is 2.29. The second-order valence-electron chi connectivity index (χ2n) is 6.49. The van der Waals surface area contributed by atoms with Gasteiger partial charge >= 0.3 is 18.7 Å². The number of aromatic amines is 1. The second-order valence-corrected chi connectivity index (χ2v) is 8.51. The first-order valence-corrected chi connectivity index (χ1v) is 11.2. The van der Waals surface area contributed by atoms with Crippen LogP contribution in [-0.4, -0.2) is 54.0 Å². The number of fused-ring (bicyclic) bond motifs is 1. The van der Waals surface area contributed by atoms with E-state index in [-0.39, 0.29) is 35.6 Å². The van der Waals surface area contributed by atoms with Crippen molar-refractivity contribution in [3.8, 4) is 0 Å². The second kappa shape index (κ2) is 9.09. The van der Waals surface area contributed by atoms with E-state index in [1.165, 1.54) is 12.1 Å². The molecule has 2 aromatic rings. The van der Waals surface area contributed by atoms with Crippen LogP contribution in [0.25, 0.3) is 11.0 Å². The summed E-state index contributed by atoms with van der Waals surface area (Å²) in [6, 6.07) is 2.64. The molecule has 1 N–H and O–H groups in total. The number of rotatable bonds is 8. The van der Waals surface area contributed by atoms with E-state index in [1.807, 2.05) is 0 Å². The van der Waals surface area contributed by atoms with Crippen LogP contribution in [-0.2, 0) is 24.6 Å². The maximum atomic E-state index is 13.0. The van der Waals surface area contributed by atoms with Gasteiger partial charge in [0.05, 0.1) is 42.4 Å². The van der Waals surface area contributed by atoms with Gasteiger partial charge in [0.1, 0.15) is 12.0 Å². The Kier molecular flexibility index (Phi) is 6.71. The Balaban J connectivity index is 2.24. The number of H-pyrrole nitrogens is 1. The topological polar surface area (TPSA) is 146 Å². The van der Waals surface area contributed by atoms with Gasteiger partial charge in [-0.3, -0.25) is 28.8 Å². The summed E-state index contributed by atoms with van der Waals surface area (Å²) in [6.45, 7) is 5.07. The average molecular weight is 442 g/mol. The van der Waals surface area contributed by atoms with Crippen molar-refractivity contribution >= 4 is 30.0 Å². The van der Waals surface area contributed by atoms with Gasteiger partial charge in [-0.15, -0.1) is 0 Å². The van der Waals surface area contributed by atoms with Crippen LogP contribution in [0.3, 0.4) is 0 Å². The van der Waals surface area contributed by atoms with Crippen LogP contribution in [0.15, 0.2) is 21.7 Å². The first kappa shape index (κ1) is 22.2. The summed E-state index contributed by atoms with van der Waals surface area (Å²) in [5.74, 6) is 0. The van der Waals surface area contributed by atoms with Crippen molar-refractivity contribution in [3.05, 3.63) is 43.0 Å². The Labute approximate surface area is 171 Å². The molecule has 2 heterocycles. The molecule has 0 spiro atoms. The van der Waals surface area contributed by atoms with Crippen molar-refractivity contribution in [3.63, 3.8) is 0 Å². The molecule has 0 unspecified atom stereocenters. The SMILES string of the molecule is CCOP(=O)(Cn1c(=O)c(=O)[nH]c2cc([N+](=O)[O-])c(N3CCOCC3)cc21)OCC. The number of hydrogen-bond acceptors (Lipinski definition) is 9. The van der Waals surface area contributed by atoms with Gasteiger partial charge in [-0.05, 0) is 19.9 Å². The minimum Gasteiger partial charge on any atom is -0.378 e. The van der Waals surface area contributed by atoms with Crippen LogP contribution in [0.2, 0.25) is 0 Å². The molecule has 3 rings (SSSR count). The minimum atomic E-state index is -3.73. The van der Waals surface area contributed by atoms with Gasteiger partial charge < -0.3 is 23.7 Å². The molecule has 0 bridgehead atoms. The van der Waals surface area contributed by atoms with Crippen LogP contribution < -0.4 is 16.0 Å². The van der Waals surface area contributed by atoms with E-state index in [4.69, 9.17) is 13.8 Å². The Hall–Kier alpha value is -2.53. The molecule has 0 aliphatic carbocycles. The lowest BCUT2D eigenvalue weighted by molar-refractivity contribution is -0.384. The summed E-state index contributed by atoms with van der Waals surface area (Å²) in [6.07, 6.45) is -0.492. The van der Waals surface area contributed by atoms with Crippen LogP contribution in [0, 0.1) is 10.1 Å². The third kappa shape index (κ3) is 4.46. The summed E-state index contributed by atoms with van der Waals surface area (Å²) in [7, 11) is -3.73. The first-order valence-electron chi connectivity index (χ1n) is 9.45. The number of ether oxygens (including phenoxy) is 1. The highest BCUT2D eigenvalue weighted by atomic mass is 31.2.